The SMILES string of the molecule is COc1cc(C(=O)Nc2cccc(-c3nccc(-c4ccc(CNC5CCN(C(C)=O)CC5)c(OC)n4)c3Cl)c2Cl)ncc1CN1CCC(C(=O)O)CC1. The van der Waals surface area contributed by atoms with Gasteiger partial charge in [-0.15, -0.1) is 0 Å². The van der Waals surface area contributed by atoms with Gasteiger partial charge < -0.3 is 30.1 Å². The fraction of sp³-hybridized carbons (Fsp3) is 0.385. The van der Waals surface area contributed by atoms with Gasteiger partial charge in [0, 0.05) is 79.9 Å². The molecular formula is C39H43Cl2N7O6. The number of nitrogens with one attached hydrogen (secondary N) is 2. The molecule has 54 heavy (non-hydrogen) atoms. The maximum absolute atomic E-state index is 13.4. The average Bonchev–Trinajstić information content (AvgIpc) is 3.18. The van der Waals surface area contributed by atoms with Crippen molar-refractivity contribution in [2.24, 2.45) is 5.92 Å². The van der Waals surface area contributed by atoms with E-state index in [2.05, 4.69) is 25.5 Å². The summed E-state index contributed by atoms with van der Waals surface area (Å²) >= 11 is 13.9. The Morgan fingerprint density at radius 3 is 2.35 bits per heavy atom. The summed E-state index contributed by atoms with van der Waals surface area (Å²) in [6.45, 7) is 5.48. The monoisotopic (exact) mass is 775 g/mol. The minimum atomic E-state index is -0.757. The number of rotatable bonds is 12. The lowest BCUT2D eigenvalue weighted by Gasteiger charge is -2.31. The van der Waals surface area contributed by atoms with Crippen LogP contribution in [0.4, 0.5) is 5.69 Å². The van der Waals surface area contributed by atoms with Gasteiger partial charge >= 0.3 is 5.97 Å². The van der Waals surface area contributed by atoms with Crippen LogP contribution in [0, 0.1) is 5.92 Å². The Bertz CT molecular complexity index is 2020. The Balaban J connectivity index is 1.15. The number of likely N-dealkylation sites (tertiary alicyclic amines) is 2. The molecule has 0 saturated carbocycles. The molecule has 3 N–H and O–H groups in total. The van der Waals surface area contributed by atoms with Crippen LogP contribution in [0.5, 0.6) is 11.6 Å². The van der Waals surface area contributed by atoms with E-state index in [0.717, 1.165) is 37.1 Å². The fourth-order valence-corrected chi connectivity index (χ4v) is 7.46. The van der Waals surface area contributed by atoms with Crippen LogP contribution < -0.4 is 20.1 Å². The van der Waals surface area contributed by atoms with Gasteiger partial charge in [0.15, 0.2) is 0 Å². The molecule has 2 fully saturated rings. The molecule has 5 heterocycles. The van der Waals surface area contributed by atoms with Gasteiger partial charge in [0.2, 0.25) is 11.8 Å². The molecule has 2 aliphatic rings. The zero-order valence-electron chi connectivity index (χ0n) is 30.4. The third kappa shape index (κ3) is 8.92. The van der Waals surface area contributed by atoms with Gasteiger partial charge in [-0.2, -0.15) is 0 Å². The van der Waals surface area contributed by atoms with Crippen molar-refractivity contribution in [2.45, 2.75) is 51.7 Å². The standard InChI is InChI=1S/C39H43Cl2N7O6/c1-23(49)48-17-12-27(13-18-48)43-20-25-7-8-30(46-38(25)54-3)28-9-14-42-36(35(28)41)29-5-4-6-31(34(29)40)45-37(50)32-19-33(53-2)26(21-44-32)22-47-15-10-24(11-16-47)39(51)52/h4-9,14,19,21,24,27,43H,10-13,15-18,20,22H2,1-3H3,(H,45,50)(H,51,52). The predicted octanol–water partition coefficient (Wildman–Crippen LogP) is 6.18. The summed E-state index contributed by atoms with van der Waals surface area (Å²) in [6, 6.07) is 12.7. The molecule has 2 amide bonds. The number of hydrogen-bond donors (Lipinski definition) is 3. The molecule has 13 nitrogen and oxygen atoms in total. The lowest BCUT2D eigenvalue weighted by molar-refractivity contribution is -0.143. The smallest absolute Gasteiger partial charge is 0.306 e. The van der Waals surface area contributed by atoms with Crippen LogP contribution in [0.1, 0.15) is 54.2 Å². The summed E-state index contributed by atoms with van der Waals surface area (Å²) in [4.78, 5) is 54.2. The second-order valence-corrected chi connectivity index (χ2v) is 14.2. The van der Waals surface area contributed by atoms with Crippen molar-refractivity contribution in [3.63, 3.8) is 0 Å². The maximum Gasteiger partial charge on any atom is 0.306 e. The molecule has 0 unspecified atom stereocenters. The van der Waals surface area contributed by atoms with Crippen molar-refractivity contribution >= 4 is 46.7 Å². The predicted molar refractivity (Wildman–Crippen MR) is 206 cm³/mol. The number of benzene rings is 1. The zero-order chi connectivity index (χ0) is 38.4. The molecule has 284 valence electrons. The van der Waals surface area contributed by atoms with E-state index >= 15 is 0 Å². The zero-order valence-corrected chi connectivity index (χ0v) is 31.9. The molecule has 0 atom stereocenters. The van der Waals surface area contributed by atoms with Crippen LogP contribution in [0.2, 0.25) is 10.0 Å². The summed E-state index contributed by atoms with van der Waals surface area (Å²) < 4.78 is 11.3. The van der Waals surface area contributed by atoms with Crippen molar-refractivity contribution in [3.8, 4) is 34.1 Å². The summed E-state index contributed by atoms with van der Waals surface area (Å²) in [5, 5.41) is 16.3. The molecule has 15 heteroatoms. The molecular weight excluding hydrogens is 733 g/mol. The number of methoxy groups -OCH3 is 2. The second-order valence-electron chi connectivity index (χ2n) is 13.4. The van der Waals surface area contributed by atoms with Crippen molar-refractivity contribution in [3.05, 3.63) is 81.7 Å². The molecule has 0 spiro atoms. The number of carbonyl (C=O) groups excluding carboxylic acids is 2. The molecule has 0 aliphatic carbocycles. The number of amides is 2. The molecule has 0 bridgehead atoms. The minimum Gasteiger partial charge on any atom is -0.496 e. The largest absolute Gasteiger partial charge is 0.496 e. The Labute approximate surface area is 324 Å². The normalized spacial score (nSPS) is 15.5. The molecule has 3 aromatic heterocycles. The number of piperidine rings is 2. The Morgan fingerprint density at radius 1 is 0.907 bits per heavy atom. The molecule has 1 aromatic carbocycles. The van der Waals surface area contributed by atoms with E-state index < -0.39 is 11.9 Å². The number of carbonyl (C=O) groups is 3. The molecule has 6 rings (SSSR count). The molecule has 4 aromatic rings. The van der Waals surface area contributed by atoms with E-state index in [-0.39, 0.29) is 22.5 Å². The van der Waals surface area contributed by atoms with Crippen LogP contribution >= 0.6 is 23.2 Å². The molecule has 0 radical (unpaired) electrons. The topological polar surface area (TPSA) is 159 Å². The number of halogens is 2. The number of carboxylic acids is 1. The number of nitrogens with zero attached hydrogens (tertiary/aromatic N) is 5. The van der Waals surface area contributed by atoms with Crippen molar-refractivity contribution < 1.29 is 29.0 Å². The van der Waals surface area contributed by atoms with Crippen LogP contribution in [0.25, 0.3) is 22.5 Å². The Morgan fingerprint density at radius 2 is 1.67 bits per heavy atom. The summed E-state index contributed by atoms with van der Waals surface area (Å²) in [7, 11) is 3.11. The number of carboxylic acid groups (broad SMARTS) is 1. The van der Waals surface area contributed by atoms with E-state index in [9.17, 15) is 19.5 Å². The van der Waals surface area contributed by atoms with Gasteiger partial charge in [-0.3, -0.25) is 29.3 Å². The third-order valence-electron chi connectivity index (χ3n) is 10.0. The summed E-state index contributed by atoms with van der Waals surface area (Å²) in [5.74, 6) is -0.484. The highest BCUT2D eigenvalue weighted by atomic mass is 35.5. The minimum absolute atomic E-state index is 0.108. The van der Waals surface area contributed by atoms with E-state index in [0.29, 0.717) is 89.9 Å². The highest BCUT2D eigenvalue weighted by molar-refractivity contribution is 6.39. The van der Waals surface area contributed by atoms with Gasteiger partial charge in [0.05, 0.1) is 47.3 Å². The number of pyridine rings is 3. The lowest BCUT2D eigenvalue weighted by Crippen LogP contribution is -2.44. The first kappa shape index (κ1) is 38.9. The number of aromatic nitrogens is 3. The van der Waals surface area contributed by atoms with E-state index in [1.54, 1.807) is 56.8 Å². The number of anilines is 1. The first-order valence-electron chi connectivity index (χ1n) is 17.8. The fourth-order valence-electron chi connectivity index (χ4n) is 6.89. The average molecular weight is 777 g/mol. The first-order valence-corrected chi connectivity index (χ1v) is 18.6. The quantitative estimate of drug-likeness (QED) is 0.151. The third-order valence-corrected chi connectivity index (χ3v) is 10.8. The van der Waals surface area contributed by atoms with E-state index in [1.165, 1.54) is 7.11 Å². The number of hydrogen-bond acceptors (Lipinski definition) is 10. The Hall–Kier alpha value is -4.82. The van der Waals surface area contributed by atoms with Gasteiger partial charge in [0.1, 0.15) is 11.4 Å². The van der Waals surface area contributed by atoms with Gasteiger partial charge in [0.25, 0.3) is 5.91 Å². The van der Waals surface area contributed by atoms with Gasteiger partial charge in [-0.1, -0.05) is 41.4 Å². The van der Waals surface area contributed by atoms with E-state index in [1.807, 2.05) is 17.0 Å². The van der Waals surface area contributed by atoms with Gasteiger partial charge in [-0.05, 0) is 57.0 Å². The highest BCUT2D eigenvalue weighted by Gasteiger charge is 2.26. The molecule has 2 saturated heterocycles. The van der Waals surface area contributed by atoms with Crippen molar-refractivity contribution in [2.75, 3.05) is 45.7 Å². The molecule has 2 aliphatic heterocycles. The van der Waals surface area contributed by atoms with Crippen LogP contribution in [0.15, 0.2) is 54.9 Å². The Kier molecular flexibility index (Phi) is 12.6. The second kappa shape index (κ2) is 17.5. The maximum atomic E-state index is 13.4. The summed E-state index contributed by atoms with van der Waals surface area (Å²) in [6.07, 6.45) is 6.16. The van der Waals surface area contributed by atoms with Crippen molar-refractivity contribution in [1.82, 2.24) is 30.1 Å². The van der Waals surface area contributed by atoms with Gasteiger partial charge in [-0.25, -0.2) is 4.98 Å². The number of ether oxygens (including phenoxy) is 2. The van der Waals surface area contributed by atoms with Crippen LogP contribution in [-0.2, 0) is 22.7 Å². The highest BCUT2D eigenvalue weighted by Crippen LogP contribution is 2.40. The number of aliphatic carboxylic acids is 1. The lowest BCUT2D eigenvalue weighted by atomic mass is 9.97. The summed E-state index contributed by atoms with van der Waals surface area (Å²) in [5.41, 5.74) is 4.31. The first-order chi connectivity index (χ1) is 26.1. The van der Waals surface area contributed by atoms with Crippen molar-refractivity contribution in [1.29, 1.82) is 0 Å². The van der Waals surface area contributed by atoms with Crippen LogP contribution in [0.3, 0.4) is 0 Å². The van der Waals surface area contributed by atoms with E-state index in [4.69, 9.17) is 37.7 Å². The van der Waals surface area contributed by atoms with Crippen LogP contribution in [-0.4, -0.2) is 94.1 Å².